The number of nitrogens with zero attached hydrogens (tertiary/aromatic N) is 1. The Bertz CT molecular complexity index is 658. The molecule has 0 aliphatic carbocycles. The van der Waals surface area contributed by atoms with Crippen molar-refractivity contribution in [1.29, 1.82) is 0 Å². The number of rotatable bonds is 5. The first-order chi connectivity index (χ1) is 10.1. The molecule has 2 rings (SSSR count). The third-order valence-electron chi connectivity index (χ3n) is 3.28. The molecule has 2 aromatic carbocycles. The summed E-state index contributed by atoms with van der Waals surface area (Å²) in [6.07, 6.45) is 2.02. The summed E-state index contributed by atoms with van der Waals surface area (Å²) in [5.41, 5.74) is 8.77. The summed E-state index contributed by atoms with van der Waals surface area (Å²) in [6.45, 7) is 0. The topological polar surface area (TPSA) is 38.5 Å². The Balaban J connectivity index is 2.58. The maximum Gasteiger partial charge on any atom is 0.142 e. The second-order valence-electron chi connectivity index (χ2n) is 4.45. The predicted octanol–water partition coefficient (Wildman–Crippen LogP) is 3.82. The van der Waals surface area contributed by atoms with Crippen LogP contribution in [0.3, 0.4) is 0 Å². The third kappa shape index (κ3) is 3.14. The molecule has 3 nitrogen and oxygen atoms in total. The molecule has 2 N–H and O–H groups in total. The molecular formula is C16H18N2OS2. The molecule has 0 fully saturated rings. The van der Waals surface area contributed by atoms with E-state index in [1.807, 2.05) is 60.7 Å². The van der Waals surface area contributed by atoms with Crippen molar-refractivity contribution in [3.8, 4) is 5.75 Å². The molecule has 0 bridgehead atoms. The Kier molecular flexibility index (Phi) is 5.09. The van der Waals surface area contributed by atoms with Gasteiger partial charge in [-0.3, -0.25) is 0 Å². The van der Waals surface area contributed by atoms with E-state index in [2.05, 4.69) is 0 Å². The van der Waals surface area contributed by atoms with Gasteiger partial charge in [-0.2, -0.15) is 0 Å². The number of hydrogen-bond acceptors (Lipinski definition) is 4. The lowest BCUT2D eigenvalue weighted by Gasteiger charge is -2.25. The van der Waals surface area contributed by atoms with Crippen molar-refractivity contribution in [3.05, 3.63) is 48.0 Å². The fourth-order valence-corrected chi connectivity index (χ4v) is 3.17. The van der Waals surface area contributed by atoms with Crippen molar-refractivity contribution in [3.63, 3.8) is 0 Å². The number of thiocarbonyl (C=S) groups is 1. The molecule has 2 aromatic rings. The van der Waals surface area contributed by atoms with Gasteiger partial charge in [-0.05, 0) is 30.5 Å². The van der Waals surface area contributed by atoms with E-state index in [1.54, 1.807) is 18.9 Å². The third-order valence-corrected chi connectivity index (χ3v) is 4.26. The van der Waals surface area contributed by atoms with Crippen LogP contribution in [0.1, 0.15) is 5.56 Å². The normalized spacial score (nSPS) is 10.2. The quantitative estimate of drug-likeness (QED) is 0.670. The van der Waals surface area contributed by atoms with Crippen LogP contribution >= 0.6 is 24.0 Å². The summed E-state index contributed by atoms with van der Waals surface area (Å²) >= 11 is 6.88. The highest BCUT2D eigenvalue weighted by molar-refractivity contribution is 7.98. The number of thioether (sulfide) groups is 1. The first-order valence-electron chi connectivity index (χ1n) is 6.43. The number of para-hydroxylation sites is 2. The Morgan fingerprint density at radius 1 is 1.14 bits per heavy atom. The van der Waals surface area contributed by atoms with Crippen molar-refractivity contribution >= 4 is 40.3 Å². The van der Waals surface area contributed by atoms with Crippen LogP contribution in [0, 0.1) is 0 Å². The molecular weight excluding hydrogens is 300 g/mol. The number of hydrogen-bond donors (Lipinski definition) is 1. The maximum atomic E-state index is 5.94. The molecule has 0 aromatic heterocycles. The zero-order valence-corrected chi connectivity index (χ0v) is 13.9. The van der Waals surface area contributed by atoms with Gasteiger partial charge < -0.3 is 15.4 Å². The molecule has 0 unspecified atom stereocenters. The van der Waals surface area contributed by atoms with E-state index in [4.69, 9.17) is 22.7 Å². The summed E-state index contributed by atoms with van der Waals surface area (Å²) in [4.78, 5) is 3.52. The average Bonchev–Trinajstić information content (AvgIpc) is 2.53. The van der Waals surface area contributed by atoms with E-state index in [-0.39, 0.29) is 0 Å². The molecule has 0 aliphatic rings. The van der Waals surface area contributed by atoms with Gasteiger partial charge in [-0.25, -0.2) is 0 Å². The van der Waals surface area contributed by atoms with Crippen LogP contribution in [0.25, 0.3) is 0 Å². The van der Waals surface area contributed by atoms with Gasteiger partial charge in [0.25, 0.3) is 0 Å². The maximum absolute atomic E-state index is 5.94. The molecule has 21 heavy (non-hydrogen) atoms. The zero-order chi connectivity index (χ0) is 15.4. The molecule has 110 valence electrons. The van der Waals surface area contributed by atoms with Gasteiger partial charge in [-0.15, -0.1) is 11.8 Å². The van der Waals surface area contributed by atoms with Crippen molar-refractivity contribution in [2.75, 3.05) is 25.3 Å². The summed E-state index contributed by atoms with van der Waals surface area (Å²) in [5.74, 6) is 0.809. The molecule has 0 saturated heterocycles. The van der Waals surface area contributed by atoms with Crippen LogP contribution in [-0.2, 0) is 0 Å². The summed E-state index contributed by atoms with van der Waals surface area (Å²) in [5, 5.41) is 0. The Hall–Kier alpha value is -1.72. The second-order valence-corrected chi connectivity index (χ2v) is 5.74. The van der Waals surface area contributed by atoms with Gasteiger partial charge in [0, 0.05) is 17.5 Å². The van der Waals surface area contributed by atoms with Crippen molar-refractivity contribution < 1.29 is 4.74 Å². The van der Waals surface area contributed by atoms with Crippen LogP contribution in [-0.4, -0.2) is 25.4 Å². The van der Waals surface area contributed by atoms with E-state index >= 15 is 0 Å². The van der Waals surface area contributed by atoms with Crippen LogP contribution in [0.2, 0.25) is 0 Å². The van der Waals surface area contributed by atoms with Gasteiger partial charge in [0.1, 0.15) is 10.7 Å². The number of methoxy groups -OCH3 is 1. The minimum atomic E-state index is 0.400. The molecule has 5 heteroatoms. The van der Waals surface area contributed by atoms with E-state index in [0.717, 1.165) is 27.6 Å². The highest BCUT2D eigenvalue weighted by Crippen LogP contribution is 2.36. The Labute approximate surface area is 135 Å². The highest BCUT2D eigenvalue weighted by Gasteiger charge is 2.17. The minimum absolute atomic E-state index is 0.400. The Morgan fingerprint density at radius 2 is 1.81 bits per heavy atom. The first-order valence-corrected chi connectivity index (χ1v) is 8.07. The Morgan fingerprint density at radius 3 is 2.43 bits per heavy atom. The van der Waals surface area contributed by atoms with Gasteiger partial charge in [0.2, 0.25) is 0 Å². The molecule has 0 spiro atoms. The molecule has 0 amide bonds. The van der Waals surface area contributed by atoms with Crippen LogP contribution in [0.4, 0.5) is 11.4 Å². The molecule has 0 saturated carbocycles. The van der Waals surface area contributed by atoms with Gasteiger partial charge >= 0.3 is 0 Å². The van der Waals surface area contributed by atoms with E-state index in [0.29, 0.717) is 4.99 Å². The fraction of sp³-hybridized carbons (Fsp3) is 0.188. The van der Waals surface area contributed by atoms with Crippen LogP contribution in [0.5, 0.6) is 5.75 Å². The van der Waals surface area contributed by atoms with Gasteiger partial charge in [-0.1, -0.05) is 30.4 Å². The standard InChI is InChI=1S/C16H18N2OS2/c1-18(11-7-4-5-9-13(11)19-2)12-8-6-10-14(21-3)15(12)16(17)20/h4-10H,1-3H3,(H2,17,20). The van der Waals surface area contributed by atoms with Crippen molar-refractivity contribution in [2.45, 2.75) is 4.90 Å². The second kappa shape index (κ2) is 6.83. The smallest absolute Gasteiger partial charge is 0.142 e. The van der Waals surface area contributed by atoms with E-state index < -0.39 is 0 Å². The molecule has 0 aliphatic heterocycles. The lowest BCUT2D eigenvalue weighted by molar-refractivity contribution is 0.415. The van der Waals surface area contributed by atoms with E-state index in [9.17, 15) is 0 Å². The fourth-order valence-electron chi connectivity index (χ4n) is 2.25. The first kappa shape index (κ1) is 15.7. The van der Waals surface area contributed by atoms with Crippen LogP contribution in [0.15, 0.2) is 47.4 Å². The minimum Gasteiger partial charge on any atom is -0.495 e. The van der Waals surface area contributed by atoms with Gasteiger partial charge in [0.15, 0.2) is 0 Å². The van der Waals surface area contributed by atoms with E-state index in [1.165, 1.54) is 0 Å². The monoisotopic (exact) mass is 318 g/mol. The lowest BCUT2D eigenvalue weighted by atomic mass is 10.1. The number of ether oxygens (including phenoxy) is 1. The predicted molar refractivity (Wildman–Crippen MR) is 95.2 cm³/mol. The molecule has 0 heterocycles. The molecule has 0 atom stereocenters. The number of nitrogens with two attached hydrogens (primary N) is 1. The van der Waals surface area contributed by atoms with Crippen molar-refractivity contribution in [2.24, 2.45) is 5.73 Å². The van der Waals surface area contributed by atoms with Crippen molar-refractivity contribution in [1.82, 2.24) is 0 Å². The zero-order valence-electron chi connectivity index (χ0n) is 12.3. The lowest BCUT2D eigenvalue weighted by Crippen LogP contribution is -2.19. The summed E-state index contributed by atoms with van der Waals surface area (Å²) < 4.78 is 5.43. The average molecular weight is 318 g/mol. The summed E-state index contributed by atoms with van der Waals surface area (Å²) in [6, 6.07) is 13.9. The summed E-state index contributed by atoms with van der Waals surface area (Å²) in [7, 11) is 3.65. The largest absolute Gasteiger partial charge is 0.495 e. The van der Waals surface area contributed by atoms with Crippen LogP contribution < -0.4 is 15.4 Å². The number of benzene rings is 2. The number of anilines is 2. The SMILES string of the molecule is COc1ccccc1N(C)c1cccc(SC)c1C(N)=S. The molecule has 0 radical (unpaired) electrons. The highest BCUT2D eigenvalue weighted by atomic mass is 32.2. The van der Waals surface area contributed by atoms with Gasteiger partial charge in [0.05, 0.1) is 18.5 Å².